The van der Waals surface area contributed by atoms with Gasteiger partial charge in [0.15, 0.2) is 0 Å². The van der Waals surface area contributed by atoms with Gasteiger partial charge in [-0.15, -0.1) is 0 Å². The molecule has 1 N–H and O–H groups in total. The van der Waals surface area contributed by atoms with E-state index in [4.69, 9.17) is 0 Å². The molecule has 0 saturated heterocycles. The van der Waals surface area contributed by atoms with Crippen LogP contribution in [0, 0.1) is 11.7 Å². The van der Waals surface area contributed by atoms with Crippen LogP contribution in [0.4, 0.5) is 4.39 Å². The fraction of sp³-hybridized carbons (Fsp3) is 0.600. The summed E-state index contributed by atoms with van der Waals surface area (Å²) in [5.41, 5.74) is 1.21. The van der Waals surface area contributed by atoms with Gasteiger partial charge >= 0.3 is 0 Å². The maximum atomic E-state index is 13.1. The highest BCUT2D eigenvalue weighted by Crippen LogP contribution is 2.42. The van der Waals surface area contributed by atoms with Crippen molar-refractivity contribution >= 4 is 0 Å². The molecule has 0 heterocycles. The molecule has 1 aromatic rings. The highest BCUT2D eigenvalue weighted by molar-refractivity contribution is 5.37. The first-order valence-corrected chi connectivity index (χ1v) is 6.60. The van der Waals surface area contributed by atoms with Crippen LogP contribution in [0.15, 0.2) is 18.2 Å². The van der Waals surface area contributed by atoms with Gasteiger partial charge in [0.25, 0.3) is 0 Å². The summed E-state index contributed by atoms with van der Waals surface area (Å²) >= 11 is 0. The van der Waals surface area contributed by atoms with Crippen molar-refractivity contribution < 1.29 is 9.50 Å². The maximum Gasteiger partial charge on any atom is 0.123 e. The highest BCUT2D eigenvalue weighted by atomic mass is 19.1. The van der Waals surface area contributed by atoms with Crippen LogP contribution in [0.25, 0.3) is 0 Å². The molecule has 0 amide bonds. The summed E-state index contributed by atoms with van der Waals surface area (Å²) in [6, 6.07) is 4.79. The average molecular weight is 236 g/mol. The molecule has 1 nitrogen and oxygen atoms in total. The Morgan fingerprint density at radius 2 is 2.06 bits per heavy atom. The van der Waals surface area contributed by atoms with Gasteiger partial charge in [0.05, 0.1) is 5.60 Å². The first-order chi connectivity index (χ1) is 8.09. The molecule has 1 aromatic carbocycles. The number of benzene rings is 1. The van der Waals surface area contributed by atoms with E-state index >= 15 is 0 Å². The Morgan fingerprint density at radius 1 is 1.35 bits per heavy atom. The van der Waals surface area contributed by atoms with Crippen LogP contribution in [0.5, 0.6) is 0 Å². The Hall–Kier alpha value is -0.890. The quantitative estimate of drug-likeness (QED) is 0.843. The Morgan fingerprint density at radius 3 is 2.71 bits per heavy atom. The van der Waals surface area contributed by atoms with Crippen LogP contribution in [-0.4, -0.2) is 5.11 Å². The predicted molar refractivity (Wildman–Crippen MR) is 67.3 cm³/mol. The zero-order valence-electron chi connectivity index (χ0n) is 10.7. The summed E-state index contributed by atoms with van der Waals surface area (Å²) < 4.78 is 13.1. The zero-order chi connectivity index (χ0) is 12.5. The molecule has 2 heteroatoms. The van der Waals surface area contributed by atoms with Crippen molar-refractivity contribution in [2.24, 2.45) is 5.92 Å². The van der Waals surface area contributed by atoms with Crippen molar-refractivity contribution in [3.8, 4) is 0 Å². The monoisotopic (exact) mass is 236 g/mol. The maximum absolute atomic E-state index is 13.1. The van der Waals surface area contributed by atoms with Crippen LogP contribution >= 0.6 is 0 Å². The van der Waals surface area contributed by atoms with Gasteiger partial charge in [0.2, 0.25) is 0 Å². The number of hydrogen-bond donors (Lipinski definition) is 1. The van der Waals surface area contributed by atoms with E-state index in [9.17, 15) is 9.50 Å². The molecule has 0 bridgehead atoms. The van der Waals surface area contributed by atoms with Crippen LogP contribution < -0.4 is 0 Å². The second-order valence-electron chi connectivity index (χ2n) is 5.22. The summed E-state index contributed by atoms with van der Waals surface area (Å²) in [6.07, 6.45) is 4.52. The fourth-order valence-corrected chi connectivity index (χ4v) is 2.97. The Balaban J connectivity index is 2.24. The van der Waals surface area contributed by atoms with E-state index in [-0.39, 0.29) is 5.82 Å². The molecule has 0 radical (unpaired) electrons. The lowest BCUT2D eigenvalue weighted by Crippen LogP contribution is -2.25. The van der Waals surface area contributed by atoms with Gasteiger partial charge in [-0.05, 0) is 48.4 Å². The molecule has 1 atom stereocenters. The number of aryl methyl sites for hydroxylation is 1. The second kappa shape index (κ2) is 4.77. The Bertz CT molecular complexity index is 398. The molecule has 0 saturated carbocycles. The molecule has 0 aromatic heterocycles. The number of hydrogen-bond acceptors (Lipinski definition) is 1. The van der Waals surface area contributed by atoms with Crippen molar-refractivity contribution in [3.05, 3.63) is 35.1 Å². The third-order valence-corrected chi connectivity index (χ3v) is 4.16. The van der Waals surface area contributed by atoms with Crippen LogP contribution in [0.2, 0.25) is 0 Å². The first kappa shape index (κ1) is 12.6. The van der Waals surface area contributed by atoms with Crippen LogP contribution in [-0.2, 0) is 12.0 Å². The van der Waals surface area contributed by atoms with E-state index in [0.29, 0.717) is 5.92 Å². The summed E-state index contributed by atoms with van der Waals surface area (Å²) in [5.74, 6) is 0.353. The normalized spacial score (nSPS) is 23.1. The molecule has 17 heavy (non-hydrogen) atoms. The molecular formula is C15H21FO. The summed E-state index contributed by atoms with van der Waals surface area (Å²) in [6.45, 7) is 4.33. The van der Waals surface area contributed by atoms with E-state index in [1.165, 1.54) is 6.07 Å². The lowest BCUT2D eigenvalue weighted by Gasteiger charge is -2.28. The molecule has 1 unspecified atom stereocenters. The largest absolute Gasteiger partial charge is 0.385 e. The number of halogens is 1. The van der Waals surface area contributed by atoms with Crippen LogP contribution in [0.1, 0.15) is 50.7 Å². The van der Waals surface area contributed by atoms with Gasteiger partial charge in [-0.2, -0.15) is 0 Å². The Kier molecular flexibility index (Phi) is 3.53. The highest BCUT2D eigenvalue weighted by Gasteiger charge is 2.37. The van der Waals surface area contributed by atoms with Crippen molar-refractivity contribution in [2.75, 3.05) is 0 Å². The SMILES string of the molecule is CCC(CC)CC1(O)CCc2cc(F)ccc21. The smallest absolute Gasteiger partial charge is 0.123 e. The van der Waals surface area contributed by atoms with Gasteiger partial charge in [-0.3, -0.25) is 0 Å². The van der Waals surface area contributed by atoms with Crippen molar-refractivity contribution in [1.29, 1.82) is 0 Å². The lowest BCUT2D eigenvalue weighted by molar-refractivity contribution is 0.0114. The van der Waals surface area contributed by atoms with Gasteiger partial charge < -0.3 is 5.11 Å². The van der Waals surface area contributed by atoms with Gasteiger partial charge in [-0.25, -0.2) is 4.39 Å². The average Bonchev–Trinajstić information content (AvgIpc) is 2.64. The molecule has 1 aliphatic carbocycles. The molecular weight excluding hydrogens is 215 g/mol. The van der Waals surface area contributed by atoms with E-state index in [0.717, 1.165) is 43.2 Å². The molecule has 0 aliphatic heterocycles. The number of aliphatic hydroxyl groups is 1. The Labute approximate surface area is 103 Å². The minimum absolute atomic E-state index is 0.199. The number of rotatable bonds is 4. The van der Waals surface area contributed by atoms with Gasteiger partial charge in [0, 0.05) is 0 Å². The lowest BCUT2D eigenvalue weighted by atomic mass is 9.83. The zero-order valence-corrected chi connectivity index (χ0v) is 10.7. The van der Waals surface area contributed by atoms with E-state index in [1.54, 1.807) is 12.1 Å². The summed E-state index contributed by atoms with van der Waals surface area (Å²) in [4.78, 5) is 0. The summed E-state index contributed by atoms with van der Waals surface area (Å²) in [7, 11) is 0. The van der Waals surface area contributed by atoms with E-state index < -0.39 is 5.60 Å². The number of fused-ring (bicyclic) bond motifs is 1. The topological polar surface area (TPSA) is 20.2 Å². The molecule has 2 rings (SSSR count). The predicted octanol–water partition coefficient (Wildman–Crippen LogP) is 3.79. The fourth-order valence-electron chi connectivity index (χ4n) is 2.97. The van der Waals surface area contributed by atoms with Gasteiger partial charge in [0.1, 0.15) is 5.82 Å². The molecule has 0 fully saturated rings. The summed E-state index contributed by atoms with van der Waals surface area (Å²) in [5, 5.41) is 10.7. The van der Waals surface area contributed by atoms with Gasteiger partial charge in [-0.1, -0.05) is 32.8 Å². The molecule has 94 valence electrons. The minimum atomic E-state index is -0.722. The second-order valence-corrected chi connectivity index (χ2v) is 5.22. The van der Waals surface area contributed by atoms with E-state index in [2.05, 4.69) is 13.8 Å². The molecule has 0 spiro atoms. The third-order valence-electron chi connectivity index (χ3n) is 4.16. The molecule has 1 aliphatic rings. The first-order valence-electron chi connectivity index (χ1n) is 6.60. The third kappa shape index (κ3) is 2.37. The minimum Gasteiger partial charge on any atom is -0.385 e. The van der Waals surface area contributed by atoms with Crippen molar-refractivity contribution in [2.45, 2.75) is 51.6 Å². The van der Waals surface area contributed by atoms with Crippen molar-refractivity contribution in [3.63, 3.8) is 0 Å². The van der Waals surface area contributed by atoms with Crippen LogP contribution in [0.3, 0.4) is 0 Å². The van der Waals surface area contributed by atoms with Crippen molar-refractivity contribution in [1.82, 2.24) is 0 Å². The van der Waals surface area contributed by atoms with E-state index in [1.807, 2.05) is 0 Å². The standard InChI is InChI=1S/C15H21FO/c1-3-11(4-2)10-15(17)8-7-12-9-13(16)5-6-14(12)15/h5-6,9,11,17H,3-4,7-8,10H2,1-2H3.